The van der Waals surface area contributed by atoms with Crippen LogP contribution in [0.15, 0.2) is 54.9 Å². The molecule has 0 spiro atoms. The van der Waals surface area contributed by atoms with Gasteiger partial charge in [-0.3, -0.25) is 9.78 Å². The van der Waals surface area contributed by atoms with Gasteiger partial charge in [0.2, 0.25) is 11.8 Å². The van der Waals surface area contributed by atoms with Crippen LogP contribution in [0.1, 0.15) is 35.7 Å². The monoisotopic (exact) mass is 576 g/mol. The third-order valence-electron chi connectivity index (χ3n) is 5.95. The number of primary amides is 1. The molecule has 4 aromatic rings. The Morgan fingerprint density at radius 2 is 1.93 bits per heavy atom. The minimum absolute atomic E-state index is 0.0969. The number of nitrogens with one attached hydrogen (secondary N) is 1. The molecule has 3 N–H and O–H groups in total. The largest absolute Gasteiger partial charge is 0.573 e. The maximum Gasteiger partial charge on any atom is 0.573 e. The first kappa shape index (κ1) is 29.3. The number of halogens is 4. The number of carbonyl (C=O) groups is 1. The first-order valence-electron chi connectivity index (χ1n) is 12.6. The first-order valence-corrected chi connectivity index (χ1v) is 12.9. The van der Waals surface area contributed by atoms with Gasteiger partial charge in [-0.1, -0.05) is 23.7 Å². The van der Waals surface area contributed by atoms with Crippen molar-refractivity contribution < 1.29 is 32.2 Å². The second-order valence-electron chi connectivity index (χ2n) is 9.13. The van der Waals surface area contributed by atoms with E-state index >= 15 is 0 Å². The zero-order valence-electron chi connectivity index (χ0n) is 21.6. The Balaban J connectivity index is 1.20. The number of ether oxygens (including phenoxy) is 3. The lowest BCUT2D eigenvalue weighted by Gasteiger charge is -2.17. The van der Waals surface area contributed by atoms with Crippen LogP contribution >= 0.6 is 11.6 Å². The van der Waals surface area contributed by atoms with Gasteiger partial charge in [0.1, 0.15) is 11.9 Å². The van der Waals surface area contributed by atoms with Crippen molar-refractivity contribution in [3.05, 3.63) is 71.0 Å². The Morgan fingerprint density at radius 1 is 1.10 bits per heavy atom. The summed E-state index contributed by atoms with van der Waals surface area (Å²) in [5, 5.41) is 5.63. The average molecular weight is 577 g/mol. The number of aromatic nitrogens is 2. The minimum Gasteiger partial charge on any atom is -0.472 e. The van der Waals surface area contributed by atoms with Gasteiger partial charge >= 0.3 is 6.36 Å². The number of hydrogen-bond acceptors (Lipinski definition) is 7. The zero-order chi connectivity index (χ0) is 28.7. The molecule has 212 valence electrons. The van der Waals surface area contributed by atoms with Crippen molar-refractivity contribution in [2.75, 3.05) is 19.8 Å². The van der Waals surface area contributed by atoms with Crippen molar-refractivity contribution in [1.82, 2.24) is 15.3 Å². The smallest absolute Gasteiger partial charge is 0.472 e. The van der Waals surface area contributed by atoms with E-state index in [9.17, 15) is 18.0 Å². The summed E-state index contributed by atoms with van der Waals surface area (Å²) in [5.41, 5.74) is 7.12. The fraction of sp³-hybridized carbons (Fsp3) is 0.321. The number of nitrogens with zero attached hydrogens (tertiary/aromatic N) is 2. The number of unbranched alkanes of at least 4 members (excludes halogenated alkanes) is 1. The van der Waals surface area contributed by atoms with E-state index in [0.717, 1.165) is 34.6 Å². The molecule has 0 saturated heterocycles. The van der Waals surface area contributed by atoms with Crippen molar-refractivity contribution >= 4 is 39.2 Å². The van der Waals surface area contributed by atoms with Gasteiger partial charge in [-0.05, 0) is 62.2 Å². The highest BCUT2D eigenvalue weighted by atomic mass is 35.5. The highest BCUT2D eigenvalue weighted by molar-refractivity contribution is 6.32. The number of rotatable bonds is 13. The summed E-state index contributed by atoms with van der Waals surface area (Å²) in [6, 6.07) is 11.1. The van der Waals surface area contributed by atoms with E-state index < -0.39 is 18.0 Å². The van der Waals surface area contributed by atoms with Crippen LogP contribution < -0.4 is 20.5 Å². The number of nitrogens with two attached hydrogens (primary N) is 1. The Labute approximate surface area is 233 Å². The lowest BCUT2D eigenvalue weighted by Crippen LogP contribution is -2.21. The third kappa shape index (κ3) is 7.93. The average Bonchev–Trinajstić information content (AvgIpc) is 2.90. The van der Waals surface area contributed by atoms with E-state index in [1.165, 1.54) is 18.2 Å². The summed E-state index contributed by atoms with van der Waals surface area (Å²) in [4.78, 5) is 20.5. The van der Waals surface area contributed by atoms with Gasteiger partial charge in [0, 0.05) is 47.3 Å². The van der Waals surface area contributed by atoms with Crippen molar-refractivity contribution in [3.63, 3.8) is 0 Å². The lowest BCUT2D eigenvalue weighted by molar-refractivity contribution is -0.274. The van der Waals surface area contributed by atoms with E-state index in [1.807, 2.05) is 13.0 Å². The Hall–Kier alpha value is -3.67. The Bertz CT molecular complexity index is 1490. The first-order chi connectivity index (χ1) is 19.1. The fourth-order valence-corrected chi connectivity index (χ4v) is 4.32. The molecule has 2 heterocycles. The number of carbonyl (C=O) groups excluding carboxylic acids is 1. The molecular formula is C28H28ClF3N4O4. The highest BCUT2D eigenvalue weighted by Crippen LogP contribution is 2.32. The fourth-order valence-electron chi connectivity index (χ4n) is 4.08. The molecule has 0 saturated carbocycles. The van der Waals surface area contributed by atoms with Gasteiger partial charge in [0.15, 0.2) is 0 Å². The van der Waals surface area contributed by atoms with Crippen LogP contribution in [0.2, 0.25) is 5.02 Å². The molecule has 0 aliphatic heterocycles. The molecule has 0 fully saturated rings. The second kappa shape index (κ2) is 13.1. The van der Waals surface area contributed by atoms with Crippen LogP contribution in [0, 0.1) is 0 Å². The normalized spacial score (nSPS) is 12.5. The van der Waals surface area contributed by atoms with Gasteiger partial charge in [-0.15, -0.1) is 13.2 Å². The molecule has 1 atom stereocenters. The van der Waals surface area contributed by atoms with Gasteiger partial charge in [-0.25, -0.2) is 4.98 Å². The summed E-state index contributed by atoms with van der Waals surface area (Å²) in [6.07, 6.45) is -0.0271. The highest BCUT2D eigenvalue weighted by Gasteiger charge is 2.32. The maximum atomic E-state index is 12.4. The van der Waals surface area contributed by atoms with E-state index in [-0.39, 0.29) is 11.1 Å². The molecule has 8 nitrogen and oxygen atoms in total. The molecule has 0 aliphatic carbocycles. The van der Waals surface area contributed by atoms with Gasteiger partial charge in [0.25, 0.3) is 0 Å². The SMILES string of the molecule is C[C@H](COCCCCNCc1ccc(OC(F)(F)F)c(Cl)c1)Oc1nc2cc(C(N)=O)ccc2c2cnccc12. The van der Waals surface area contributed by atoms with E-state index in [4.69, 9.17) is 26.8 Å². The third-order valence-corrected chi connectivity index (χ3v) is 6.25. The van der Waals surface area contributed by atoms with Crippen molar-refractivity contribution in [1.29, 1.82) is 0 Å². The predicted octanol–water partition coefficient (Wildman–Crippen LogP) is 5.79. The second-order valence-corrected chi connectivity index (χ2v) is 9.54. The molecule has 1 amide bonds. The van der Waals surface area contributed by atoms with E-state index in [0.29, 0.717) is 43.3 Å². The number of benzene rings is 2. The molecule has 12 heteroatoms. The van der Waals surface area contributed by atoms with Crippen LogP contribution in [0.3, 0.4) is 0 Å². The quantitative estimate of drug-likeness (QED) is 0.153. The molecule has 0 unspecified atom stereocenters. The Kier molecular flexibility index (Phi) is 9.62. The van der Waals surface area contributed by atoms with Gasteiger partial charge in [0.05, 0.1) is 17.1 Å². The molecule has 0 radical (unpaired) electrons. The van der Waals surface area contributed by atoms with Crippen molar-refractivity contribution in [2.45, 2.75) is 38.8 Å². The molecule has 0 aliphatic rings. The predicted molar refractivity (Wildman–Crippen MR) is 146 cm³/mol. The molecule has 2 aromatic carbocycles. The van der Waals surface area contributed by atoms with Crippen LogP contribution in [0.25, 0.3) is 21.7 Å². The van der Waals surface area contributed by atoms with E-state index in [2.05, 4.69) is 20.0 Å². The van der Waals surface area contributed by atoms with E-state index in [1.54, 1.807) is 30.6 Å². The summed E-state index contributed by atoms with van der Waals surface area (Å²) < 4.78 is 52.8. The molecule has 4 rings (SSSR count). The van der Waals surface area contributed by atoms with Crippen molar-refractivity contribution in [3.8, 4) is 11.6 Å². The molecule has 40 heavy (non-hydrogen) atoms. The standard InChI is InChI=1S/C28H28ClF3N4O4/c1-17(16-38-11-3-2-9-34-14-18-4-7-25(23(29)12-18)40-28(30,31)32)39-27-21-8-10-35-15-22(21)20-6-5-19(26(33)37)13-24(20)36-27/h4-8,10,12-13,15,17,34H,2-3,9,11,14,16H2,1H3,(H2,33,37)/t17-/m1/s1. The number of amides is 1. The van der Waals surface area contributed by atoms with Gasteiger partial charge < -0.3 is 25.3 Å². The van der Waals surface area contributed by atoms with Gasteiger partial charge in [-0.2, -0.15) is 0 Å². The molecular weight excluding hydrogens is 549 g/mol. The summed E-state index contributed by atoms with van der Waals surface area (Å²) in [5.74, 6) is -0.538. The summed E-state index contributed by atoms with van der Waals surface area (Å²) in [7, 11) is 0. The topological polar surface area (TPSA) is 109 Å². The van der Waals surface area contributed by atoms with Crippen molar-refractivity contribution in [2.24, 2.45) is 5.73 Å². The van der Waals surface area contributed by atoms with Crippen LogP contribution in [0.5, 0.6) is 11.6 Å². The Morgan fingerprint density at radius 3 is 2.67 bits per heavy atom. The van der Waals surface area contributed by atoms with Crippen LogP contribution in [-0.2, 0) is 11.3 Å². The number of fused-ring (bicyclic) bond motifs is 3. The summed E-state index contributed by atoms with van der Waals surface area (Å²) >= 11 is 5.88. The number of alkyl halides is 3. The molecule has 0 bridgehead atoms. The number of pyridine rings is 2. The van der Waals surface area contributed by atoms with Crippen LogP contribution in [-0.4, -0.2) is 48.1 Å². The zero-order valence-corrected chi connectivity index (χ0v) is 22.4. The minimum atomic E-state index is -4.79. The maximum absolute atomic E-state index is 12.4. The molecule has 2 aromatic heterocycles. The van der Waals surface area contributed by atoms with Crippen LogP contribution in [0.4, 0.5) is 13.2 Å². The summed E-state index contributed by atoms with van der Waals surface area (Å²) in [6.45, 7) is 3.92. The lowest BCUT2D eigenvalue weighted by atomic mass is 10.1. The number of hydrogen-bond donors (Lipinski definition) is 2.